The van der Waals surface area contributed by atoms with E-state index in [0.29, 0.717) is 29.0 Å². The number of rotatable bonds is 10. The van der Waals surface area contributed by atoms with Gasteiger partial charge in [-0.1, -0.05) is 23.9 Å². The number of anilines is 1. The molecule has 0 unspecified atom stereocenters. The van der Waals surface area contributed by atoms with E-state index >= 15 is 0 Å². The number of nitrogens with zero attached hydrogens (tertiary/aromatic N) is 3. The molecule has 4 aromatic rings. The molecule has 0 fully saturated rings. The Bertz CT molecular complexity index is 1270. The van der Waals surface area contributed by atoms with Crippen LogP contribution in [0.2, 0.25) is 0 Å². The molecule has 1 heterocycles. The largest absolute Gasteiger partial charge is 0.497 e. The summed E-state index contributed by atoms with van der Waals surface area (Å²) in [6.45, 7) is 2.42. The van der Waals surface area contributed by atoms with Crippen LogP contribution in [0.4, 0.5) is 5.69 Å². The van der Waals surface area contributed by atoms with Crippen molar-refractivity contribution in [3.05, 3.63) is 72.8 Å². The minimum atomic E-state index is -0.169. The Balaban J connectivity index is 1.59. The average Bonchev–Trinajstić information content (AvgIpc) is 3.33. The predicted octanol–water partition coefficient (Wildman–Crippen LogP) is 5.08. The number of nitrogens with one attached hydrogen (secondary N) is 1. The summed E-state index contributed by atoms with van der Waals surface area (Å²) in [6, 6.07) is 22.6. The molecule has 0 atom stereocenters. The molecule has 0 radical (unpaired) electrons. The van der Waals surface area contributed by atoms with Crippen molar-refractivity contribution in [3.8, 4) is 34.3 Å². The second-order valence-electron chi connectivity index (χ2n) is 7.33. The molecule has 0 saturated carbocycles. The number of methoxy groups -OCH3 is 2. The number of benzene rings is 3. The van der Waals surface area contributed by atoms with Crippen molar-refractivity contribution in [1.82, 2.24) is 14.8 Å². The van der Waals surface area contributed by atoms with E-state index in [9.17, 15) is 4.79 Å². The molecule has 8 nitrogen and oxygen atoms in total. The molecule has 1 aromatic heterocycles. The summed E-state index contributed by atoms with van der Waals surface area (Å²) in [6.07, 6.45) is 0. The van der Waals surface area contributed by atoms with Crippen LogP contribution < -0.4 is 19.5 Å². The number of thioether (sulfide) groups is 1. The molecule has 1 amide bonds. The number of carbonyl (C=O) groups excluding carboxylic acids is 1. The molecule has 3 aromatic carbocycles. The molecule has 0 saturated heterocycles. The highest BCUT2D eigenvalue weighted by atomic mass is 32.2. The van der Waals surface area contributed by atoms with Crippen LogP contribution in [0.15, 0.2) is 78.0 Å². The lowest BCUT2D eigenvalue weighted by Gasteiger charge is -2.12. The van der Waals surface area contributed by atoms with Crippen molar-refractivity contribution in [3.63, 3.8) is 0 Å². The van der Waals surface area contributed by atoms with Crippen molar-refractivity contribution in [1.29, 1.82) is 0 Å². The second-order valence-corrected chi connectivity index (χ2v) is 8.28. The van der Waals surface area contributed by atoms with E-state index in [4.69, 9.17) is 14.2 Å². The minimum Gasteiger partial charge on any atom is -0.497 e. The summed E-state index contributed by atoms with van der Waals surface area (Å²) in [5, 5.41) is 12.3. The SMILES string of the molecule is CCOc1ccccc1NC(=O)CSc1nnc(-c2ccc(OC)cc2)n1-c1ccc(OC)cc1. The van der Waals surface area contributed by atoms with Gasteiger partial charge in [0, 0.05) is 11.3 Å². The monoisotopic (exact) mass is 490 g/mol. The first-order valence-corrected chi connectivity index (χ1v) is 12.0. The quantitative estimate of drug-likeness (QED) is 0.310. The summed E-state index contributed by atoms with van der Waals surface area (Å²) in [5.41, 5.74) is 2.36. The lowest BCUT2D eigenvalue weighted by atomic mass is 10.2. The molecule has 0 spiro atoms. The smallest absolute Gasteiger partial charge is 0.234 e. The first-order chi connectivity index (χ1) is 17.1. The lowest BCUT2D eigenvalue weighted by Crippen LogP contribution is -2.15. The molecular formula is C26H26N4O4S. The Morgan fingerprint density at radius 3 is 2.23 bits per heavy atom. The molecular weight excluding hydrogens is 464 g/mol. The fourth-order valence-electron chi connectivity index (χ4n) is 3.42. The van der Waals surface area contributed by atoms with E-state index in [1.807, 2.05) is 84.3 Å². The maximum absolute atomic E-state index is 12.7. The third kappa shape index (κ3) is 5.75. The van der Waals surface area contributed by atoms with Gasteiger partial charge < -0.3 is 19.5 Å². The second kappa shape index (κ2) is 11.4. The number of hydrogen-bond acceptors (Lipinski definition) is 7. The normalized spacial score (nSPS) is 10.6. The van der Waals surface area contributed by atoms with Crippen molar-refractivity contribution in [2.45, 2.75) is 12.1 Å². The molecule has 0 bridgehead atoms. The van der Waals surface area contributed by atoms with Crippen LogP contribution in [0.5, 0.6) is 17.2 Å². The fourth-order valence-corrected chi connectivity index (χ4v) is 4.17. The summed E-state index contributed by atoms with van der Waals surface area (Å²) in [4.78, 5) is 12.7. The molecule has 0 aliphatic carbocycles. The average molecular weight is 491 g/mol. The molecule has 9 heteroatoms. The van der Waals surface area contributed by atoms with Crippen molar-refractivity contribution < 1.29 is 19.0 Å². The summed E-state index contributed by atoms with van der Waals surface area (Å²) < 4.78 is 18.1. The minimum absolute atomic E-state index is 0.150. The van der Waals surface area contributed by atoms with Crippen LogP contribution >= 0.6 is 11.8 Å². The Labute approximate surface area is 208 Å². The highest BCUT2D eigenvalue weighted by molar-refractivity contribution is 7.99. The molecule has 0 aliphatic rings. The van der Waals surface area contributed by atoms with E-state index in [1.54, 1.807) is 14.2 Å². The summed E-state index contributed by atoms with van der Waals surface area (Å²) in [7, 11) is 3.25. The van der Waals surface area contributed by atoms with Crippen LogP contribution in [0.3, 0.4) is 0 Å². The van der Waals surface area contributed by atoms with E-state index in [2.05, 4.69) is 15.5 Å². The molecule has 180 valence electrons. The van der Waals surface area contributed by atoms with Gasteiger partial charge >= 0.3 is 0 Å². The Hall–Kier alpha value is -3.98. The van der Waals surface area contributed by atoms with Crippen LogP contribution in [-0.2, 0) is 4.79 Å². The molecule has 4 rings (SSSR count). The van der Waals surface area contributed by atoms with Crippen LogP contribution in [-0.4, -0.2) is 47.3 Å². The number of amides is 1. The van der Waals surface area contributed by atoms with Crippen molar-refractivity contribution in [2.24, 2.45) is 0 Å². The third-order valence-electron chi connectivity index (χ3n) is 5.11. The molecule has 1 N–H and O–H groups in total. The zero-order chi connectivity index (χ0) is 24.6. The first-order valence-electron chi connectivity index (χ1n) is 11.0. The fraction of sp³-hybridized carbons (Fsp3) is 0.192. The summed E-state index contributed by atoms with van der Waals surface area (Å²) in [5.74, 6) is 2.77. The number of ether oxygens (including phenoxy) is 3. The van der Waals surface area contributed by atoms with Crippen molar-refractivity contribution >= 4 is 23.4 Å². The predicted molar refractivity (Wildman–Crippen MR) is 137 cm³/mol. The lowest BCUT2D eigenvalue weighted by molar-refractivity contribution is -0.113. The van der Waals surface area contributed by atoms with Gasteiger partial charge in [0.1, 0.15) is 17.2 Å². The van der Waals surface area contributed by atoms with Gasteiger partial charge in [-0.05, 0) is 67.6 Å². The van der Waals surface area contributed by atoms with E-state index in [-0.39, 0.29) is 11.7 Å². The zero-order valence-corrected chi connectivity index (χ0v) is 20.5. The highest BCUT2D eigenvalue weighted by Crippen LogP contribution is 2.30. The van der Waals surface area contributed by atoms with E-state index in [0.717, 1.165) is 22.7 Å². The topological polar surface area (TPSA) is 87.5 Å². The number of para-hydroxylation sites is 2. The van der Waals surface area contributed by atoms with Crippen LogP contribution in [0.1, 0.15) is 6.92 Å². The third-order valence-corrected chi connectivity index (χ3v) is 6.03. The van der Waals surface area contributed by atoms with Gasteiger partial charge in [0.05, 0.1) is 32.3 Å². The van der Waals surface area contributed by atoms with Gasteiger partial charge in [-0.15, -0.1) is 10.2 Å². The van der Waals surface area contributed by atoms with Crippen LogP contribution in [0.25, 0.3) is 17.1 Å². The number of hydrogen-bond donors (Lipinski definition) is 1. The molecule has 35 heavy (non-hydrogen) atoms. The maximum atomic E-state index is 12.7. The molecule has 0 aliphatic heterocycles. The van der Waals surface area contributed by atoms with Crippen molar-refractivity contribution in [2.75, 3.05) is 31.9 Å². The first kappa shape index (κ1) is 24.2. The Morgan fingerprint density at radius 2 is 1.57 bits per heavy atom. The highest BCUT2D eigenvalue weighted by Gasteiger charge is 2.18. The Morgan fingerprint density at radius 1 is 0.914 bits per heavy atom. The Kier molecular flexibility index (Phi) is 7.89. The number of aromatic nitrogens is 3. The summed E-state index contributed by atoms with van der Waals surface area (Å²) >= 11 is 1.30. The van der Waals surface area contributed by atoms with Gasteiger partial charge in [0.2, 0.25) is 5.91 Å². The van der Waals surface area contributed by atoms with Gasteiger partial charge in [-0.3, -0.25) is 9.36 Å². The maximum Gasteiger partial charge on any atom is 0.234 e. The van der Waals surface area contributed by atoms with Gasteiger partial charge in [0.15, 0.2) is 11.0 Å². The van der Waals surface area contributed by atoms with E-state index < -0.39 is 0 Å². The van der Waals surface area contributed by atoms with Crippen LogP contribution in [0, 0.1) is 0 Å². The van der Waals surface area contributed by atoms with Gasteiger partial charge in [-0.2, -0.15) is 0 Å². The van der Waals surface area contributed by atoms with E-state index in [1.165, 1.54) is 11.8 Å². The zero-order valence-electron chi connectivity index (χ0n) is 19.7. The van der Waals surface area contributed by atoms with Gasteiger partial charge in [-0.25, -0.2) is 0 Å². The standard InChI is InChI=1S/C26H26N4O4S/c1-4-34-23-8-6-5-7-22(23)27-24(31)17-35-26-29-28-25(18-9-13-20(32-2)14-10-18)30(26)19-11-15-21(33-3)16-12-19/h5-16H,4,17H2,1-3H3,(H,27,31). The number of carbonyl (C=O) groups is 1. The van der Waals surface area contributed by atoms with Gasteiger partial charge in [0.25, 0.3) is 0 Å².